The van der Waals surface area contributed by atoms with Gasteiger partial charge in [0.25, 0.3) is 0 Å². The molecule has 2 aromatic rings. The molecule has 8 heteroatoms. The Balaban J connectivity index is 1.65. The van der Waals surface area contributed by atoms with E-state index in [1.807, 2.05) is 34.1 Å². The first-order valence-electron chi connectivity index (χ1n) is 12.5. The van der Waals surface area contributed by atoms with E-state index in [4.69, 9.17) is 14.2 Å². The van der Waals surface area contributed by atoms with Gasteiger partial charge in [0, 0.05) is 30.6 Å². The minimum atomic E-state index is -0.620. The number of carbonyl (C=O) groups excluding carboxylic acids is 1. The average molecular weight is 505 g/mol. The highest BCUT2D eigenvalue weighted by Gasteiger charge is 2.33. The number of thiophene rings is 1. The molecule has 0 bridgehead atoms. The van der Waals surface area contributed by atoms with Crippen LogP contribution in [0.1, 0.15) is 43.7 Å². The smallest absolute Gasteiger partial charge is 0.237 e. The summed E-state index contributed by atoms with van der Waals surface area (Å²) >= 11 is 1.74. The molecule has 0 aliphatic carbocycles. The van der Waals surface area contributed by atoms with Crippen LogP contribution in [0, 0.1) is 5.92 Å². The molecule has 35 heavy (non-hydrogen) atoms. The van der Waals surface area contributed by atoms with Crippen LogP contribution >= 0.6 is 11.3 Å². The Bertz CT molecular complexity index is 918. The molecule has 0 saturated heterocycles. The first-order valence-corrected chi connectivity index (χ1v) is 13.4. The number of aliphatic hydroxyl groups is 1. The normalized spacial score (nSPS) is 16.4. The second-order valence-corrected chi connectivity index (χ2v) is 10.5. The first-order chi connectivity index (χ1) is 16.9. The van der Waals surface area contributed by atoms with Crippen LogP contribution in [0.15, 0.2) is 35.7 Å². The Hall–Kier alpha value is -2.13. The van der Waals surface area contributed by atoms with Crippen molar-refractivity contribution in [3.63, 3.8) is 0 Å². The Morgan fingerprint density at radius 3 is 2.80 bits per heavy atom. The number of ether oxygens (including phenoxy) is 3. The zero-order chi connectivity index (χ0) is 25.2. The van der Waals surface area contributed by atoms with Crippen molar-refractivity contribution in [3.8, 4) is 11.5 Å². The lowest BCUT2D eigenvalue weighted by molar-refractivity contribution is -0.136. The maximum Gasteiger partial charge on any atom is 0.237 e. The van der Waals surface area contributed by atoms with E-state index in [0.717, 1.165) is 30.9 Å². The van der Waals surface area contributed by atoms with Crippen LogP contribution in [0.2, 0.25) is 0 Å². The van der Waals surface area contributed by atoms with Crippen LogP contribution in [-0.2, 0) is 16.0 Å². The number of aliphatic hydroxyl groups excluding tert-OH is 1. The van der Waals surface area contributed by atoms with Gasteiger partial charge in [-0.3, -0.25) is 9.69 Å². The standard InChI is InChI=1S/C27H40N2O5S/c1-5-11-28(15-21(30)18-33-17-20(2)3)16-27(31)29-12-9-26-24(10-13-35-26)25(29)19-34-23-8-6-7-22(14-23)32-4/h6-8,10,13-14,20-21,25,30H,5,9,11-12,15-19H2,1-4H3. The molecule has 2 heterocycles. The molecule has 0 spiro atoms. The second kappa shape index (κ2) is 13.8. The van der Waals surface area contributed by atoms with Crippen molar-refractivity contribution in [3.05, 3.63) is 46.2 Å². The number of rotatable bonds is 14. The van der Waals surface area contributed by atoms with E-state index in [-0.39, 0.29) is 25.1 Å². The lowest BCUT2D eigenvalue weighted by atomic mass is 10.0. The molecule has 3 rings (SSSR count). The molecule has 2 atom stereocenters. The monoisotopic (exact) mass is 504 g/mol. The molecule has 1 aliphatic rings. The third kappa shape index (κ3) is 8.20. The zero-order valence-electron chi connectivity index (χ0n) is 21.4. The highest BCUT2D eigenvalue weighted by atomic mass is 32.1. The number of benzene rings is 1. The topological polar surface area (TPSA) is 71.5 Å². The van der Waals surface area contributed by atoms with Gasteiger partial charge in [-0.15, -0.1) is 11.3 Å². The molecule has 7 nitrogen and oxygen atoms in total. The molecule has 0 radical (unpaired) electrons. The number of amides is 1. The van der Waals surface area contributed by atoms with E-state index in [1.165, 1.54) is 10.4 Å². The van der Waals surface area contributed by atoms with E-state index < -0.39 is 6.10 Å². The van der Waals surface area contributed by atoms with Crippen molar-refractivity contribution in [1.29, 1.82) is 0 Å². The predicted octanol–water partition coefficient (Wildman–Crippen LogP) is 4.01. The van der Waals surface area contributed by atoms with Crippen LogP contribution in [0.3, 0.4) is 0 Å². The fourth-order valence-electron chi connectivity index (χ4n) is 4.36. The van der Waals surface area contributed by atoms with Gasteiger partial charge in [0.2, 0.25) is 5.91 Å². The molecular formula is C27H40N2O5S. The van der Waals surface area contributed by atoms with Gasteiger partial charge >= 0.3 is 0 Å². The van der Waals surface area contributed by atoms with Crippen LogP contribution in [0.25, 0.3) is 0 Å². The summed E-state index contributed by atoms with van der Waals surface area (Å²) in [7, 11) is 1.63. The fraction of sp³-hybridized carbons (Fsp3) is 0.593. The van der Waals surface area contributed by atoms with Crippen LogP contribution in [-0.4, -0.2) is 80.0 Å². The molecule has 194 valence electrons. The van der Waals surface area contributed by atoms with Gasteiger partial charge in [0.05, 0.1) is 32.4 Å². The quantitative estimate of drug-likeness (QED) is 0.419. The Morgan fingerprint density at radius 2 is 2.06 bits per heavy atom. The highest BCUT2D eigenvalue weighted by Crippen LogP contribution is 2.34. The van der Waals surface area contributed by atoms with Gasteiger partial charge in [0.15, 0.2) is 0 Å². The van der Waals surface area contributed by atoms with Gasteiger partial charge in [-0.2, -0.15) is 0 Å². The van der Waals surface area contributed by atoms with Gasteiger partial charge in [-0.1, -0.05) is 26.8 Å². The van der Waals surface area contributed by atoms with E-state index in [1.54, 1.807) is 18.4 Å². The molecule has 1 amide bonds. The summed E-state index contributed by atoms with van der Waals surface area (Å²) in [5, 5.41) is 12.6. The lowest BCUT2D eigenvalue weighted by Crippen LogP contribution is -2.48. The van der Waals surface area contributed by atoms with Crippen molar-refractivity contribution in [1.82, 2.24) is 9.80 Å². The second-order valence-electron chi connectivity index (χ2n) is 9.46. The Kier molecular flexibility index (Phi) is 10.8. The maximum atomic E-state index is 13.5. The van der Waals surface area contributed by atoms with Gasteiger partial charge in [-0.05, 0) is 54.4 Å². The Labute approximate surface area is 213 Å². The molecule has 0 saturated carbocycles. The zero-order valence-corrected chi connectivity index (χ0v) is 22.3. The van der Waals surface area contributed by atoms with E-state index in [0.29, 0.717) is 32.2 Å². The lowest BCUT2D eigenvalue weighted by Gasteiger charge is -2.37. The van der Waals surface area contributed by atoms with Gasteiger partial charge < -0.3 is 24.2 Å². The summed E-state index contributed by atoms with van der Waals surface area (Å²) in [4.78, 5) is 18.8. The SMILES string of the molecule is CCCN(CC(=O)N1CCc2sccc2C1COc1cccc(OC)c1)CC(O)COCC(C)C. The fourth-order valence-corrected chi connectivity index (χ4v) is 5.29. The number of carbonyl (C=O) groups is 1. The first kappa shape index (κ1) is 27.5. The van der Waals surface area contributed by atoms with Gasteiger partial charge in [0.1, 0.15) is 18.1 Å². The van der Waals surface area contributed by atoms with Crippen molar-refractivity contribution >= 4 is 17.2 Å². The predicted molar refractivity (Wildman–Crippen MR) is 139 cm³/mol. The van der Waals surface area contributed by atoms with E-state index in [2.05, 4.69) is 32.2 Å². The molecular weight excluding hydrogens is 464 g/mol. The summed E-state index contributed by atoms with van der Waals surface area (Å²) in [5.74, 6) is 1.94. The van der Waals surface area contributed by atoms with Gasteiger partial charge in [-0.25, -0.2) is 0 Å². The Morgan fingerprint density at radius 1 is 1.26 bits per heavy atom. The van der Waals surface area contributed by atoms with Crippen LogP contribution < -0.4 is 9.47 Å². The van der Waals surface area contributed by atoms with Crippen LogP contribution in [0.5, 0.6) is 11.5 Å². The summed E-state index contributed by atoms with van der Waals surface area (Å²) in [6.45, 7) is 9.63. The number of hydrogen-bond donors (Lipinski definition) is 1. The number of nitrogens with zero attached hydrogens (tertiary/aromatic N) is 2. The number of hydrogen-bond acceptors (Lipinski definition) is 7. The largest absolute Gasteiger partial charge is 0.497 e. The maximum absolute atomic E-state index is 13.5. The van der Waals surface area contributed by atoms with Crippen molar-refractivity contribution in [2.24, 2.45) is 5.92 Å². The summed E-state index contributed by atoms with van der Waals surface area (Å²) in [6, 6.07) is 9.50. The molecule has 1 N–H and O–H groups in total. The van der Waals surface area contributed by atoms with Crippen molar-refractivity contribution in [2.45, 2.75) is 45.8 Å². The van der Waals surface area contributed by atoms with E-state index >= 15 is 0 Å². The summed E-state index contributed by atoms with van der Waals surface area (Å²) in [6.07, 6.45) is 1.14. The summed E-state index contributed by atoms with van der Waals surface area (Å²) < 4.78 is 17.0. The van der Waals surface area contributed by atoms with Crippen molar-refractivity contribution < 1.29 is 24.1 Å². The summed E-state index contributed by atoms with van der Waals surface area (Å²) in [5.41, 5.74) is 1.17. The van der Waals surface area contributed by atoms with Crippen LogP contribution in [0.4, 0.5) is 0 Å². The minimum absolute atomic E-state index is 0.0600. The molecule has 1 aromatic heterocycles. The third-order valence-corrected chi connectivity index (χ3v) is 6.99. The minimum Gasteiger partial charge on any atom is -0.497 e. The van der Waals surface area contributed by atoms with E-state index in [9.17, 15) is 9.90 Å². The third-order valence-electron chi connectivity index (χ3n) is 5.99. The molecule has 1 aliphatic heterocycles. The molecule has 1 aromatic carbocycles. The average Bonchev–Trinajstić information content (AvgIpc) is 3.31. The number of methoxy groups -OCH3 is 1. The molecule has 2 unspecified atom stereocenters. The van der Waals surface area contributed by atoms with Crippen molar-refractivity contribution in [2.75, 3.05) is 53.1 Å². The molecule has 0 fully saturated rings. The highest BCUT2D eigenvalue weighted by molar-refractivity contribution is 7.10. The number of fused-ring (bicyclic) bond motifs is 1.